The summed E-state index contributed by atoms with van der Waals surface area (Å²) in [6, 6.07) is 11.1. The standard InChI is InChI=1S/C22H22FN5O2/c1-30-15-7-10-25-19(12-15)22(8-2-9-22)13-26-20-6-5-18(27-28-20)16-11-14(21(24)29)3-4-17(16)23/h3-7,10-12H,2,8-9,13H2,1H3,(H2,24,29)(H,26,28). The summed E-state index contributed by atoms with van der Waals surface area (Å²) in [4.78, 5) is 15.9. The molecule has 1 aliphatic rings. The molecule has 3 N–H and O–H groups in total. The number of primary amides is 1. The van der Waals surface area contributed by atoms with Crippen molar-refractivity contribution in [3.8, 4) is 17.0 Å². The number of nitrogens with two attached hydrogens (primary N) is 1. The van der Waals surface area contributed by atoms with E-state index in [1.54, 1.807) is 25.4 Å². The molecule has 1 fully saturated rings. The molecule has 0 unspecified atom stereocenters. The fourth-order valence-corrected chi connectivity index (χ4v) is 3.66. The summed E-state index contributed by atoms with van der Waals surface area (Å²) in [7, 11) is 1.64. The predicted octanol–water partition coefficient (Wildman–Crippen LogP) is 3.32. The number of nitrogens with zero attached hydrogens (tertiary/aromatic N) is 3. The first-order chi connectivity index (χ1) is 14.5. The van der Waals surface area contributed by atoms with E-state index in [1.807, 2.05) is 12.1 Å². The molecule has 0 radical (unpaired) electrons. The van der Waals surface area contributed by atoms with Crippen molar-refractivity contribution >= 4 is 11.7 Å². The first-order valence-electron chi connectivity index (χ1n) is 9.69. The van der Waals surface area contributed by atoms with E-state index in [0.717, 1.165) is 30.7 Å². The first kappa shape index (κ1) is 19.8. The lowest BCUT2D eigenvalue weighted by atomic mass is 9.66. The van der Waals surface area contributed by atoms with Crippen molar-refractivity contribution in [3.05, 3.63) is 65.7 Å². The smallest absolute Gasteiger partial charge is 0.248 e. The van der Waals surface area contributed by atoms with Crippen molar-refractivity contribution in [1.29, 1.82) is 0 Å². The predicted molar refractivity (Wildman–Crippen MR) is 111 cm³/mol. The van der Waals surface area contributed by atoms with Crippen molar-refractivity contribution in [2.24, 2.45) is 5.73 Å². The molecule has 0 saturated heterocycles. The molecule has 1 amide bonds. The summed E-state index contributed by atoms with van der Waals surface area (Å²) in [5.41, 5.74) is 6.93. The maximum Gasteiger partial charge on any atom is 0.248 e. The van der Waals surface area contributed by atoms with E-state index in [4.69, 9.17) is 10.5 Å². The Morgan fingerprint density at radius 3 is 2.67 bits per heavy atom. The van der Waals surface area contributed by atoms with Crippen LogP contribution < -0.4 is 15.8 Å². The van der Waals surface area contributed by atoms with Crippen molar-refractivity contribution in [2.45, 2.75) is 24.7 Å². The number of carbonyl (C=O) groups is 1. The summed E-state index contributed by atoms with van der Waals surface area (Å²) in [5, 5.41) is 11.6. The van der Waals surface area contributed by atoms with Gasteiger partial charge in [0.25, 0.3) is 0 Å². The zero-order valence-corrected chi connectivity index (χ0v) is 16.6. The van der Waals surface area contributed by atoms with Crippen LogP contribution in [0.1, 0.15) is 35.3 Å². The molecule has 0 atom stereocenters. The molecule has 1 saturated carbocycles. The topological polar surface area (TPSA) is 103 Å². The van der Waals surface area contributed by atoms with E-state index >= 15 is 0 Å². The Labute approximate surface area is 173 Å². The van der Waals surface area contributed by atoms with Gasteiger partial charge in [-0.25, -0.2) is 4.39 Å². The van der Waals surface area contributed by atoms with Gasteiger partial charge in [0.2, 0.25) is 5.91 Å². The Hall–Kier alpha value is -3.55. The molecule has 3 aromatic rings. The van der Waals surface area contributed by atoms with Gasteiger partial charge in [-0.15, -0.1) is 10.2 Å². The molecule has 154 valence electrons. The number of pyridine rings is 1. The lowest BCUT2D eigenvalue weighted by Crippen LogP contribution is -2.41. The number of nitrogens with one attached hydrogen (secondary N) is 1. The SMILES string of the molecule is COc1ccnc(C2(CNc3ccc(-c4cc(C(N)=O)ccc4F)nn3)CCC2)c1. The first-order valence-corrected chi connectivity index (χ1v) is 9.69. The number of aromatic nitrogens is 3. The van der Waals surface area contributed by atoms with Crippen LogP contribution in [0.4, 0.5) is 10.2 Å². The van der Waals surface area contributed by atoms with Gasteiger partial charge in [0, 0.05) is 35.3 Å². The minimum absolute atomic E-state index is 0.0726. The van der Waals surface area contributed by atoms with Gasteiger partial charge in [-0.3, -0.25) is 9.78 Å². The normalized spacial score (nSPS) is 14.6. The van der Waals surface area contributed by atoms with Crippen molar-refractivity contribution < 1.29 is 13.9 Å². The second kappa shape index (κ2) is 8.06. The number of amides is 1. The van der Waals surface area contributed by atoms with Crippen LogP contribution in [0, 0.1) is 5.82 Å². The van der Waals surface area contributed by atoms with Crippen LogP contribution in [0.25, 0.3) is 11.3 Å². The molecular weight excluding hydrogens is 385 g/mol. The molecule has 1 aliphatic carbocycles. The summed E-state index contributed by atoms with van der Waals surface area (Å²) in [5.74, 6) is 0.252. The van der Waals surface area contributed by atoms with Crippen molar-refractivity contribution in [1.82, 2.24) is 15.2 Å². The Morgan fingerprint density at radius 2 is 2.03 bits per heavy atom. The van der Waals surface area contributed by atoms with Gasteiger partial charge in [0.05, 0.1) is 18.5 Å². The lowest BCUT2D eigenvalue weighted by Gasteiger charge is -2.41. The molecule has 2 aromatic heterocycles. The second-order valence-corrected chi connectivity index (χ2v) is 7.43. The van der Waals surface area contributed by atoms with Gasteiger partial charge in [-0.05, 0) is 49.2 Å². The third-order valence-electron chi connectivity index (χ3n) is 5.62. The maximum atomic E-state index is 14.2. The van der Waals surface area contributed by atoms with Crippen molar-refractivity contribution in [2.75, 3.05) is 19.0 Å². The number of hydrogen-bond acceptors (Lipinski definition) is 6. The number of methoxy groups -OCH3 is 1. The van der Waals surface area contributed by atoms with E-state index in [-0.39, 0.29) is 16.5 Å². The van der Waals surface area contributed by atoms with E-state index in [0.29, 0.717) is 18.1 Å². The number of anilines is 1. The van der Waals surface area contributed by atoms with Gasteiger partial charge in [-0.2, -0.15) is 0 Å². The molecule has 4 rings (SSSR count). The fourth-order valence-electron chi connectivity index (χ4n) is 3.66. The van der Waals surface area contributed by atoms with Gasteiger partial charge < -0.3 is 15.8 Å². The average Bonchev–Trinajstić information content (AvgIpc) is 2.74. The third-order valence-corrected chi connectivity index (χ3v) is 5.62. The highest BCUT2D eigenvalue weighted by Crippen LogP contribution is 2.43. The summed E-state index contributed by atoms with van der Waals surface area (Å²) in [6.07, 6.45) is 4.95. The number of rotatable bonds is 7. The van der Waals surface area contributed by atoms with Gasteiger partial charge >= 0.3 is 0 Å². The van der Waals surface area contributed by atoms with E-state index in [1.165, 1.54) is 18.2 Å². The Bertz CT molecular complexity index is 1070. The van der Waals surface area contributed by atoms with E-state index in [2.05, 4.69) is 20.5 Å². The average molecular weight is 407 g/mol. The zero-order chi connectivity index (χ0) is 21.1. The van der Waals surface area contributed by atoms with Crippen LogP contribution in [0.2, 0.25) is 0 Å². The molecule has 2 heterocycles. The maximum absolute atomic E-state index is 14.2. The summed E-state index contributed by atoms with van der Waals surface area (Å²) in [6.45, 7) is 0.659. The minimum atomic E-state index is -0.626. The fraction of sp³-hybridized carbons (Fsp3) is 0.273. The van der Waals surface area contributed by atoms with Gasteiger partial charge in [0.15, 0.2) is 0 Å². The van der Waals surface area contributed by atoms with E-state index < -0.39 is 11.7 Å². The van der Waals surface area contributed by atoms with Gasteiger partial charge in [-0.1, -0.05) is 6.42 Å². The molecule has 30 heavy (non-hydrogen) atoms. The molecule has 7 nitrogen and oxygen atoms in total. The number of benzene rings is 1. The van der Waals surface area contributed by atoms with Crippen LogP contribution in [-0.2, 0) is 5.41 Å². The Morgan fingerprint density at radius 1 is 1.20 bits per heavy atom. The molecule has 0 aliphatic heterocycles. The minimum Gasteiger partial charge on any atom is -0.497 e. The van der Waals surface area contributed by atoms with Crippen molar-refractivity contribution in [3.63, 3.8) is 0 Å². The Balaban J connectivity index is 1.50. The molecule has 0 spiro atoms. The number of carbonyl (C=O) groups excluding carboxylic acids is 1. The largest absolute Gasteiger partial charge is 0.497 e. The highest BCUT2D eigenvalue weighted by atomic mass is 19.1. The van der Waals surface area contributed by atoms with Crippen LogP contribution in [0.3, 0.4) is 0 Å². The quantitative estimate of drug-likeness (QED) is 0.623. The molecular formula is C22H22FN5O2. The number of ether oxygens (including phenoxy) is 1. The van der Waals surface area contributed by atoms with Crippen LogP contribution in [0.5, 0.6) is 5.75 Å². The van der Waals surface area contributed by atoms with E-state index in [9.17, 15) is 9.18 Å². The number of halogens is 1. The summed E-state index contributed by atoms with van der Waals surface area (Å²) >= 11 is 0. The Kier molecular flexibility index (Phi) is 5.31. The highest BCUT2D eigenvalue weighted by molar-refractivity contribution is 5.94. The lowest BCUT2D eigenvalue weighted by molar-refractivity contribution is 0.100. The van der Waals surface area contributed by atoms with Crippen LogP contribution >= 0.6 is 0 Å². The third kappa shape index (κ3) is 3.80. The molecule has 8 heteroatoms. The molecule has 1 aromatic carbocycles. The number of hydrogen-bond donors (Lipinski definition) is 2. The van der Waals surface area contributed by atoms with Crippen LogP contribution in [0.15, 0.2) is 48.7 Å². The summed E-state index contributed by atoms with van der Waals surface area (Å²) < 4.78 is 19.5. The van der Waals surface area contributed by atoms with Gasteiger partial charge in [0.1, 0.15) is 17.4 Å². The highest BCUT2D eigenvalue weighted by Gasteiger charge is 2.40. The molecule has 0 bridgehead atoms. The monoisotopic (exact) mass is 407 g/mol. The van der Waals surface area contributed by atoms with Crippen LogP contribution in [-0.4, -0.2) is 34.7 Å². The second-order valence-electron chi connectivity index (χ2n) is 7.43. The zero-order valence-electron chi connectivity index (χ0n) is 16.6.